The second kappa shape index (κ2) is 8.05. The van der Waals surface area contributed by atoms with E-state index in [1.807, 2.05) is 0 Å². The highest BCUT2D eigenvalue weighted by atomic mass is 19.1. The van der Waals surface area contributed by atoms with Gasteiger partial charge in [-0.05, 0) is 37.1 Å². The number of anilines is 2. The highest BCUT2D eigenvalue weighted by Crippen LogP contribution is 2.23. The van der Waals surface area contributed by atoms with E-state index in [2.05, 4.69) is 15.6 Å². The van der Waals surface area contributed by atoms with Crippen molar-refractivity contribution in [2.24, 2.45) is 0 Å². The number of pyridine rings is 1. The summed E-state index contributed by atoms with van der Waals surface area (Å²) in [5, 5.41) is 5.69. The summed E-state index contributed by atoms with van der Waals surface area (Å²) < 4.78 is 27.5. The van der Waals surface area contributed by atoms with Gasteiger partial charge in [0.2, 0.25) is 0 Å². The maximum atomic E-state index is 13.7. The SMILES string of the molecule is O=C(NC1CCCCCC1)c1cc(Nc2c(F)cccc2F)ccn1. The smallest absolute Gasteiger partial charge is 0.270 e. The van der Waals surface area contributed by atoms with Crippen LogP contribution in [0.25, 0.3) is 0 Å². The van der Waals surface area contributed by atoms with Crippen molar-refractivity contribution in [3.63, 3.8) is 0 Å². The number of carbonyl (C=O) groups is 1. The first kappa shape index (κ1) is 17.3. The lowest BCUT2D eigenvalue weighted by Crippen LogP contribution is -2.34. The zero-order chi connectivity index (χ0) is 17.6. The third-order valence-electron chi connectivity index (χ3n) is 4.42. The van der Waals surface area contributed by atoms with Crippen molar-refractivity contribution in [3.05, 3.63) is 53.9 Å². The van der Waals surface area contributed by atoms with Crippen molar-refractivity contribution in [2.75, 3.05) is 5.32 Å². The number of nitrogens with one attached hydrogen (secondary N) is 2. The van der Waals surface area contributed by atoms with Crippen molar-refractivity contribution in [2.45, 2.75) is 44.6 Å². The largest absolute Gasteiger partial charge is 0.351 e. The molecule has 1 aliphatic rings. The zero-order valence-electron chi connectivity index (χ0n) is 13.9. The summed E-state index contributed by atoms with van der Waals surface area (Å²) in [5.74, 6) is -1.65. The molecule has 1 fully saturated rings. The van der Waals surface area contributed by atoms with Crippen molar-refractivity contribution in [3.8, 4) is 0 Å². The average Bonchev–Trinajstić information content (AvgIpc) is 2.87. The predicted molar refractivity (Wildman–Crippen MR) is 92.8 cm³/mol. The van der Waals surface area contributed by atoms with Crippen LogP contribution in [0.15, 0.2) is 36.5 Å². The summed E-state index contributed by atoms with van der Waals surface area (Å²) >= 11 is 0. The second-order valence-corrected chi connectivity index (χ2v) is 6.31. The summed E-state index contributed by atoms with van der Waals surface area (Å²) in [6.45, 7) is 0. The lowest BCUT2D eigenvalue weighted by atomic mass is 10.1. The first-order valence-corrected chi connectivity index (χ1v) is 8.61. The monoisotopic (exact) mass is 345 g/mol. The molecule has 1 aliphatic carbocycles. The number of nitrogens with zero attached hydrogens (tertiary/aromatic N) is 1. The van der Waals surface area contributed by atoms with E-state index in [0.717, 1.165) is 25.7 Å². The molecule has 0 aliphatic heterocycles. The van der Waals surface area contributed by atoms with E-state index >= 15 is 0 Å². The molecule has 6 heteroatoms. The molecule has 0 unspecified atom stereocenters. The van der Waals surface area contributed by atoms with Crippen molar-refractivity contribution in [1.29, 1.82) is 0 Å². The Balaban J connectivity index is 1.71. The van der Waals surface area contributed by atoms with Crippen LogP contribution in [0.3, 0.4) is 0 Å². The Bertz CT molecular complexity index is 723. The molecule has 2 N–H and O–H groups in total. The highest BCUT2D eigenvalue weighted by Gasteiger charge is 2.17. The molecule has 1 heterocycles. The van der Waals surface area contributed by atoms with Gasteiger partial charge in [0, 0.05) is 17.9 Å². The average molecular weight is 345 g/mol. The molecule has 1 amide bonds. The Morgan fingerprint density at radius 2 is 1.72 bits per heavy atom. The third kappa shape index (κ3) is 4.53. The van der Waals surface area contributed by atoms with Crippen LogP contribution in [0, 0.1) is 11.6 Å². The fourth-order valence-corrected chi connectivity index (χ4v) is 3.08. The van der Waals surface area contributed by atoms with Crippen LogP contribution in [0.1, 0.15) is 49.0 Å². The summed E-state index contributed by atoms with van der Waals surface area (Å²) in [6, 6.07) is 6.87. The van der Waals surface area contributed by atoms with Gasteiger partial charge >= 0.3 is 0 Å². The summed E-state index contributed by atoms with van der Waals surface area (Å²) in [7, 11) is 0. The van der Waals surface area contributed by atoms with Gasteiger partial charge in [-0.1, -0.05) is 31.7 Å². The van der Waals surface area contributed by atoms with E-state index in [1.54, 1.807) is 6.07 Å². The van der Waals surface area contributed by atoms with Crippen LogP contribution in [0.5, 0.6) is 0 Å². The molecular weight excluding hydrogens is 324 g/mol. The number of halogens is 2. The van der Waals surface area contributed by atoms with Crippen LogP contribution in [-0.4, -0.2) is 16.9 Å². The number of rotatable bonds is 4. The quantitative estimate of drug-likeness (QED) is 0.799. The van der Waals surface area contributed by atoms with E-state index in [9.17, 15) is 13.6 Å². The maximum absolute atomic E-state index is 13.7. The normalized spacial score (nSPS) is 15.4. The summed E-state index contributed by atoms with van der Waals surface area (Å²) in [5.41, 5.74) is 0.389. The summed E-state index contributed by atoms with van der Waals surface area (Å²) in [6.07, 6.45) is 8.05. The standard InChI is InChI=1S/C19H21F2N3O/c20-15-8-5-9-16(21)18(15)23-14-10-11-22-17(12-14)19(25)24-13-6-3-1-2-4-7-13/h5,8-13H,1-4,6-7H2,(H,22,23)(H,24,25). The Hall–Kier alpha value is -2.50. The molecule has 1 aromatic heterocycles. The Labute approximate surface area is 145 Å². The molecule has 1 aromatic carbocycles. The molecule has 1 saturated carbocycles. The van der Waals surface area contributed by atoms with Crippen LogP contribution in [0.4, 0.5) is 20.2 Å². The molecule has 2 aromatic rings. The van der Waals surface area contributed by atoms with E-state index in [-0.39, 0.29) is 23.3 Å². The van der Waals surface area contributed by atoms with Crippen molar-refractivity contribution < 1.29 is 13.6 Å². The molecular formula is C19H21F2N3O. The fourth-order valence-electron chi connectivity index (χ4n) is 3.08. The molecule has 0 bridgehead atoms. The number of amides is 1. The van der Waals surface area contributed by atoms with Gasteiger partial charge in [0.05, 0.1) is 0 Å². The zero-order valence-corrected chi connectivity index (χ0v) is 13.9. The Kier molecular flexibility index (Phi) is 5.58. The first-order chi connectivity index (χ1) is 12.1. The Morgan fingerprint density at radius 3 is 2.40 bits per heavy atom. The molecule has 0 atom stereocenters. The van der Waals surface area contributed by atoms with E-state index < -0.39 is 11.6 Å². The number of hydrogen-bond donors (Lipinski definition) is 2. The molecule has 0 spiro atoms. The van der Waals surface area contributed by atoms with Crippen molar-refractivity contribution in [1.82, 2.24) is 10.3 Å². The fraction of sp³-hybridized carbons (Fsp3) is 0.368. The topological polar surface area (TPSA) is 54.0 Å². The Morgan fingerprint density at radius 1 is 1.04 bits per heavy atom. The maximum Gasteiger partial charge on any atom is 0.270 e. The minimum Gasteiger partial charge on any atom is -0.351 e. The summed E-state index contributed by atoms with van der Waals surface area (Å²) in [4.78, 5) is 16.5. The van der Waals surface area contributed by atoms with Gasteiger partial charge in [-0.15, -0.1) is 0 Å². The van der Waals surface area contributed by atoms with Crippen molar-refractivity contribution >= 4 is 17.3 Å². The van der Waals surface area contributed by atoms with E-state index in [1.165, 1.54) is 43.3 Å². The van der Waals surface area contributed by atoms with Gasteiger partial charge in [0.1, 0.15) is 23.0 Å². The van der Waals surface area contributed by atoms with Gasteiger partial charge in [0.25, 0.3) is 5.91 Å². The van der Waals surface area contributed by atoms with Crippen LogP contribution in [0.2, 0.25) is 0 Å². The third-order valence-corrected chi connectivity index (χ3v) is 4.42. The van der Waals surface area contributed by atoms with Crippen LogP contribution in [-0.2, 0) is 0 Å². The number of aromatic nitrogens is 1. The molecule has 4 nitrogen and oxygen atoms in total. The first-order valence-electron chi connectivity index (χ1n) is 8.61. The number of carbonyl (C=O) groups excluding carboxylic acids is 1. The van der Waals surface area contributed by atoms with E-state index in [4.69, 9.17) is 0 Å². The minimum atomic E-state index is -0.693. The molecule has 25 heavy (non-hydrogen) atoms. The molecule has 0 radical (unpaired) electrons. The molecule has 0 saturated heterocycles. The van der Waals surface area contributed by atoms with Gasteiger partial charge in [0.15, 0.2) is 0 Å². The minimum absolute atomic E-state index is 0.164. The number of benzene rings is 1. The lowest BCUT2D eigenvalue weighted by molar-refractivity contribution is 0.0928. The predicted octanol–water partition coefficient (Wildman–Crippen LogP) is 4.56. The number of para-hydroxylation sites is 1. The molecule has 132 valence electrons. The number of hydrogen-bond acceptors (Lipinski definition) is 3. The van der Waals surface area contributed by atoms with Crippen LogP contribution >= 0.6 is 0 Å². The second-order valence-electron chi connectivity index (χ2n) is 6.31. The van der Waals surface area contributed by atoms with Gasteiger partial charge in [-0.2, -0.15) is 0 Å². The van der Waals surface area contributed by atoms with Gasteiger partial charge in [-0.3, -0.25) is 9.78 Å². The van der Waals surface area contributed by atoms with Crippen LogP contribution < -0.4 is 10.6 Å². The van der Waals surface area contributed by atoms with Gasteiger partial charge in [-0.25, -0.2) is 8.78 Å². The van der Waals surface area contributed by atoms with Gasteiger partial charge < -0.3 is 10.6 Å². The van der Waals surface area contributed by atoms with E-state index in [0.29, 0.717) is 5.69 Å². The molecule has 3 rings (SSSR count). The lowest BCUT2D eigenvalue weighted by Gasteiger charge is -2.16. The highest BCUT2D eigenvalue weighted by molar-refractivity contribution is 5.93.